The Morgan fingerprint density at radius 1 is 1.30 bits per heavy atom. The van der Waals surface area contributed by atoms with Crippen molar-refractivity contribution < 1.29 is 18.0 Å². The minimum Gasteiger partial charge on any atom is -0.344 e. The van der Waals surface area contributed by atoms with Crippen molar-refractivity contribution >= 4 is 5.91 Å². The van der Waals surface area contributed by atoms with Gasteiger partial charge in [-0.15, -0.1) is 0 Å². The minimum absolute atomic E-state index is 0.122. The molecule has 2 aromatic rings. The predicted molar refractivity (Wildman–Crippen MR) is 79.9 cm³/mol. The summed E-state index contributed by atoms with van der Waals surface area (Å²) in [6.07, 6.45) is -3.95. The second-order valence-corrected chi connectivity index (χ2v) is 5.38. The van der Waals surface area contributed by atoms with E-state index in [1.807, 2.05) is 38.1 Å². The van der Waals surface area contributed by atoms with Crippen LogP contribution in [0.2, 0.25) is 0 Å². The zero-order valence-electron chi connectivity index (χ0n) is 13.1. The van der Waals surface area contributed by atoms with Gasteiger partial charge in [0.15, 0.2) is 5.69 Å². The molecule has 7 heteroatoms. The molecule has 4 nitrogen and oxygen atoms in total. The van der Waals surface area contributed by atoms with Crippen LogP contribution in [0.1, 0.15) is 46.7 Å². The number of benzene rings is 1. The Kier molecular flexibility index (Phi) is 4.77. The maximum Gasteiger partial charge on any atom is 0.435 e. The van der Waals surface area contributed by atoms with Crippen molar-refractivity contribution in [1.29, 1.82) is 0 Å². The number of aryl methyl sites for hydroxylation is 2. The van der Waals surface area contributed by atoms with Crippen molar-refractivity contribution in [3.63, 3.8) is 0 Å². The Morgan fingerprint density at radius 2 is 1.91 bits per heavy atom. The van der Waals surface area contributed by atoms with Gasteiger partial charge in [0.05, 0.1) is 6.04 Å². The van der Waals surface area contributed by atoms with E-state index in [1.54, 1.807) is 0 Å². The first-order valence-corrected chi connectivity index (χ1v) is 7.21. The number of nitrogens with zero attached hydrogens (tertiary/aromatic N) is 2. The third-order valence-corrected chi connectivity index (χ3v) is 3.60. The highest BCUT2D eigenvalue weighted by atomic mass is 19.4. The summed E-state index contributed by atoms with van der Waals surface area (Å²) in [5.74, 6) is -0.581. The number of hydrogen-bond acceptors (Lipinski definition) is 2. The van der Waals surface area contributed by atoms with Crippen LogP contribution in [0.3, 0.4) is 0 Å². The number of rotatable bonds is 4. The van der Waals surface area contributed by atoms with E-state index in [9.17, 15) is 18.0 Å². The fourth-order valence-electron chi connectivity index (χ4n) is 2.27. The molecule has 2 rings (SSSR count). The monoisotopic (exact) mass is 325 g/mol. The van der Waals surface area contributed by atoms with E-state index in [2.05, 4.69) is 10.4 Å². The van der Waals surface area contributed by atoms with Crippen molar-refractivity contribution in [3.8, 4) is 0 Å². The number of alkyl halides is 3. The molecular formula is C16H18F3N3O. The van der Waals surface area contributed by atoms with E-state index in [-0.39, 0.29) is 11.7 Å². The number of carbonyl (C=O) groups is 1. The maximum absolute atomic E-state index is 12.7. The number of nitrogens with one attached hydrogen (secondary N) is 1. The molecule has 0 aliphatic heterocycles. The third kappa shape index (κ3) is 3.91. The van der Waals surface area contributed by atoms with Crippen LogP contribution in [-0.2, 0) is 13.2 Å². The van der Waals surface area contributed by atoms with E-state index in [0.717, 1.165) is 21.9 Å². The molecule has 0 unspecified atom stereocenters. The van der Waals surface area contributed by atoms with Crippen LogP contribution in [0.5, 0.6) is 0 Å². The van der Waals surface area contributed by atoms with Gasteiger partial charge < -0.3 is 5.32 Å². The first kappa shape index (κ1) is 17.1. The van der Waals surface area contributed by atoms with Crippen molar-refractivity contribution in [2.75, 3.05) is 0 Å². The third-order valence-electron chi connectivity index (χ3n) is 3.60. The fraction of sp³-hybridized carbons (Fsp3) is 0.375. The Morgan fingerprint density at radius 3 is 2.39 bits per heavy atom. The molecule has 0 aliphatic carbocycles. The van der Waals surface area contributed by atoms with E-state index in [1.165, 1.54) is 7.05 Å². The molecule has 1 amide bonds. The Hall–Kier alpha value is -2.31. The largest absolute Gasteiger partial charge is 0.435 e. The average Bonchev–Trinajstić information content (AvgIpc) is 2.88. The van der Waals surface area contributed by atoms with Gasteiger partial charge in [-0.3, -0.25) is 9.48 Å². The first-order valence-electron chi connectivity index (χ1n) is 7.21. The molecular weight excluding hydrogens is 307 g/mol. The lowest BCUT2D eigenvalue weighted by molar-refractivity contribution is -0.141. The summed E-state index contributed by atoms with van der Waals surface area (Å²) in [5.41, 5.74) is 0.803. The molecule has 124 valence electrons. The van der Waals surface area contributed by atoms with Crippen molar-refractivity contribution in [2.45, 2.75) is 32.5 Å². The molecule has 1 aromatic carbocycles. The van der Waals surface area contributed by atoms with Gasteiger partial charge in [0.25, 0.3) is 5.91 Å². The van der Waals surface area contributed by atoms with E-state index >= 15 is 0 Å². The molecule has 0 saturated carbocycles. The second-order valence-electron chi connectivity index (χ2n) is 5.38. The highest BCUT2D eigenvalue weighted by Crippen LogP contribution is 2.28. The van der Waals surface area contributed by atoms with Crippen LogP contribution in [0.25, 0.3) is 0 Å². The molecule has 0 saturated heterocycles. The van der Waals surface area contributed by atoms with Crippen LogP contribution >= 0.6 is 0 Å². The lowest BCUT2D eigenvalue weighted by Gasteiger charge is -2.17. The molecule has 1 heterocycles. The Balaban J connectivity index is 2.20. The molecule has 1 N–H and O–H groups in total. The van der Waals surface area contributed by atoms with E-state index < -0.39 is 17.8 Å². The lowest BCUT2D eigenvalue weighted by atomic mass is 10.0. The van der Waals surface area contributed by atoms with Crippen LogP contribution in [0.4, 0.5) is 13.2 Å². The predicted octanol–water partition coefficient (Wildman–Crippen LogP) is 3.63. The summed E-state index contributed by atoms with van der Waals surface area (Å²) in [4.78, 5) is 12.3. The quantitative estimate of drug-likeness (QED) is 0.933. The Bertz CT molecular complexity index is 690. The van der Waals surface area contributed by atoms with Crippen LogP contribution in [0.15, 0.2) is 30.3 Å². The summed E-state index contributed by atoms with van der Waals surface area (Å²) in [6, 6.07) is 8.14. The van der Waals surface area contributed by atoms with Crippen molar-refractivity contribution in [2.24, 2.45) is 7.05 Å². The van der Waals surface area contributed by atoms with Crippen LogP contribution < -0.4 is 5.32 Å². The van der Waals surface area contributed by atoms with Gasteiger partial charge in [-0.25, -0.2) is 0 Å². The Labute approximate surface area is 132 Å². The van der Waals surface area contributed by atoms with Crippen LogP contribution in [-0.4, -0.2) is 15.7 Å². The summed E-state index contributed by atoms with van der Waals surface area (Å²) >= 11 is 0. The lowest BCUT2D eigenvalue weighted by Crippen LogP contribution is -2.29. The van der Waals surface area contributed by atoms with Crippen molar-refractivity contribution in [1.82, 2.24) is 15.1 Å². The fourth-order valence-corrected chi connectivity index (χ4v) is 2.27. The summed E-state index contributed by atoms with van der Waals surface area (Å²) in [7, 11) is 1.32. The van der Waals surface area contributed by atoms with Gasteiger partial charge in [-0.05, 0) is 18.9 Å². The molecule has 1 atom stereocenters. The van der Waals surface area contributed by atoms with Gasteiger partial charge in [-0.2, -0.15) is 18.3 Å². The molecule has 0 radical (unpaired) electrons. The maximum atomic E-state index is 12.7. The van der Waals surface area contributed by atoms with Gasteiger partial charge in [-0.1, -0.05) is 36.8 Å². The zero-order chi connectivity index (χ0) is 17.2. The van der Waals surface area contributed by atoms with Gasteiger partial charge in [0, 0.05) is 13.1 Å². The molecule has 0 bridgehead atoms. The standard InChI is InChI=1S/C16H18F3N3O/c1-4-12(11-7-5-10(2)6-8-11)20-15(23)13-9-14(16(17,18)19)21-22(13)3/h5-9,12H,4H2,1-3H3,(H,20,23)/t12-/m1/s1. The van der Waals surface area contributed by atoms with E-state index in [4.69, 9.17) is 0 Å². The van der Waals surface area contributed by atoms with E-state index in [0.29, 0.717) is 6.42 Å². The van der Waals surface area contributed by atoms with Gasteiger partial charge >= 0.3 is 6.18 Å². The number of halogens is 3. The number of carbonyl (C=O) groups excluding carboxylic acids is 1. The number of hydrogen-bond donors (Lipinski definition) is 1. The number of amides is 1. The highest BCUT2D eigenvalue weighted by Gasteiger charge is 2.35. The second kappa shape index (κ2) is 6.44. The minimum atomic E-state index is -4.57. The molecule has 23 heavy (non-hydrogen) atoms. The SMILES string of the molecule is CC[C@@H](NC(=O)c1cc(C(F)(F)F)nn1C)c1ccc(C)cc1. The number of aromatic nitrogens is 2. The van der Waals surface area contributed by atoms with Gasteiger partial charge in [0.1, 0.15) is 5.69 Å². The van der Waals surface area contributed by atoms with Crippen molar-refractivity contribution in [3.05, 3.63) is 52.8 Å². The normalized spacial score (nSPS) is 13.0. The highest BCUT2D eigenvalue weighted by molar-refractivity contribution is 5.93. The molecule has 1 aromatic heterocycles. The zero-order valence-corrected chi connectivity index (χ0v) is 13.1. The summed E-state index contributed by atoms with van der Waals surface area (Å²) < 4.78 is 39.0. The first-order chi connectivity index (χ1) is 10.7. The molecule has 0 spiro atoms. The topological polar surface area (TPSA) is 46.9 Å². The molecule has 0 fully saturated rings. The summed E-state index contributed by atoms with van der Waals surface area (Å²) in [5, 5.41) is 6.11. The van der Waals surface area contributed by atoms with Gasteiger partial charge in [0.2, 0.25) is 0 Å². The van der Waals surface area contributed by atoms with Crippen LogP contribution in [0, 0.1) is 6.92 Å². The average molecular weight is 325 g/mol. The smallest absolute Gasteiger partial charge is 0.344 e. The molecule has 0 aliphatic rings. The summed E-state index contributed by atoms with van der Waals surface area (Å²) in [6.45, 7) is 3.85.